The van der Waals surface area contributed by atoms with Crippen molar-refractivity contribution in [2.75, 3.05) is 39.4 Å². The molecule has 8 atom stereocenters. The predicted molar refractivity (Wildman–Crippen MR) is 228 cm³/mol. The molecule has 0 radical (unpaired) electrons. The van der Waals surface area contributed by atoms with E-state index in [1.165, 1.54) is 31.4 Å². The van der Waals surface area contributed by atoms with E-state index < -0.39 is 148 Å². The summed E-state index contributed by atoms with van der Waals surface area (Å²) in [6.45, 7) is 3.31. The quantitative estimate of drug-likeness (QED) is 0.137. The maximum absolute atomic E-state index is 16.2. The topological polar surface area (TPSA) is 227 Å². The molecule has 7 aliphatic heterocycles. The third-order valence-electron chi connectivity index (χ3n) is 14.1. The van der Waals surface area contributed by atoms with Gasteiger partial charge in [0.1, 0.15) is 34.8 Å². The summed E-state index contributed by atoms with van der Waals surface area (Å²) in [6, 6.07) is 0.776. The highest BCUT2D eigenvalue weighted by Crippen LogP contribution is 2.49. The van der Waals surface area contributed by atoms with Gasteiger partial charge in [0.25, 0.3) is 23.6 Å². The highest BCUT2D eigenvalue weighted by atomic mass is 19.2. The normalized spacial score (nSPS) is 26.8. The van der Waals surface area contributed by atoms with E-state index in [0.717, 1.165) is 0 Å². The molecule has 18 nitrogen and oxygen atoms in total. The Morgan fingerprint density at radius 2 is 1.51 bits per heavy atom. The van der Waals surface area contributed by atoms with E-state index in [9.17, 15) is 52.5 Å². The van der Waals surface area contributed by atoms with E-state index in [0.29, 0.717) is 51.2 Å². The molecule has 0 bridgehead atoms. The van der Waals surface area contributed by atoms with Crippen LogP contribution >= 0.6 is 0 Å². The molecule has 7 aliphatic rings. The number of carbonyl (C=O) groups is 4. The van der Waals surface area contributed by atoms with Crippen molar-refractivity contribution in [2.24, 2.45) is 0 Å². The lowest BCUT2D eigenvalue weighted by atomic mass is 9.92. The Morgan fingerprint density at radius 1 is 0.826 bits per heavy atom. The number of hydrogen-bond donors (Lipinski definition) is 7. The molecule has 8 unspecified atom stereocenters. The number of amides is 4. The molecule has 366 valence electrons. The van der Waals surface area contributed by atoms with Crippen LogP contribution in [0.3, 0.4) is 0 Å². The molecule has 2 aromatic carbocycles. The first kappa shape index (κ1) is 46.3. The van der Waals surface area contributed by atoms with E-state index >= 15 is 8.78 Å². The molecule has 4 saturated heterocycles. The molecule has 8 heterocycles. The number of likely N-dealkylation sites (N-methyl/N-ethyl adjacent to an activating group) is 1. The van der Waals surface area contributed by atoms with Crippen LogP contribution in [-0.2, 0) is 32.2 Å². The lowest BCUT2D eigenvalue weighted by Crippen LogP contribution is -2.64. The number of piperazine rings is 1. The standard InChI is InChI=1S/C46H47F5N8O10/c1-3-52-25-12-27-45-56(8-5-9-68-45)43(66)35-39(62)37(60)29(33(25)58(27)35)41(64)54-14-18-6-7-21(32(51)31(18)50)19-16-57-44(67)36-40(63)38(61)30(42(65)55-15-22-23(48)10-20(47)11-24(22)49)34-26(53-4-2)13-28(59(34)36)46(57)69-17-19/h6-7,10-11,19,25-28,38,45-46,52-53,61-63H,3-5,8-9,12-17H2,1-2H3,(H,54,64)(H,55,65). The number of fused-ring (bicyclic) bond motifs is 4. The van der Waals surface area contributed by atoms with Gasteiger partial charge in [0.2, 0.25) is 5.43 Å². The Kier molecular flexibility index (Phi) is 11.8. The fourth-order valence-corrected chi connectivity index (χ4v) is 11.2. The van der Waals surface area contributed by atoms with Gasteiger partial charge in [0.15, 0.2) is 41.3 Å². The van der Waals surface area contributed by atoms with Gasteiger partial charge in [-0.3, -0.25) is 24.0 Å². The molecule has 4 amide bonds. The highest BCUT2D eigenvalue weighted by molar-refractivity contribution is 6.02. The Balaban J connectivity index is 0.880. The number of carbonyl (C=O) groups excluding carboxylic acids is 4. The van der Waals surface area contributed by atoms with Crippen molar-refractivity contribution in [2.45, 2.75) is 94.8 Å². The molecule has 4 fully saturated rings. The first-order chi connectivity index (χ1) is 33.1. The van der Waals surface area contributed by atoms with Gasteiger partial charge in [0.05, 0.1) is 48.6 Å². The zero-order valence-electron chi connectivity index (χ0n) is 37.1. The summed E-state index contributed by atoms with van der Waals surface area (Å²) >= 11 is 0. The van der Waals surface area contributed by atoms with Crippen LogP contribution in [0.25, 0.3) is 0 Å². The molecule has 0 aliphatic carbocycles. The molecular formula is C46H47F5N8O10. The van der Waals surface area contributed by atoms with Gasteiger partial charge in [-0.25, -0.2) is 22.0 Å². The molecule has 69 heavy (non-hydrogen) atoms. The molecule has 23 heteroatoms. The number of nitrogens with one attached hydrogen (secondary N) is 4. The van der Waals surface area contributed by atoms with Crippen LogP contribution in [0.4, 0.5) is 22.0 Å². The molecule has 0 saturated carbocycles. The second-order valence-corrected chi connectivity index (χ2v) is 17.9. The molecule has 3 aromatic rings. The summed E-state index contributed by atoms with van der Waals surface area (Å²) in [4.78, 5) is 73.4. The SMILES string of the molecule is CCNC1CC2C3OCC(c4ccc(CNC(=O)c5c6n7c(c(O)c5=O)C(=O)N5CCCOC5C7CC6NCC)c(F)c4F)CN3C(=O)C3=C(O)C(O)C(C(=O)NCc4c(F)cc(F)cc4F)=C1N32. The number of benzene rings is 2. The van der Waals surface area contributed by atoms with Crippen molar-refractivity contribution in [1.82, 2.24) is 40.5 Å². The summed E-state index contributed by atoms with van der Waals surface area (Å²) in [7, 11) is 0. The average molecular weight is 967 g/mol. The number of pyridine rings is 1. The Hall–Kier alpha value is -6.40. The van der Waals surface area contributed by atoms with Gasteiger partial charge in [-0.05, 0) is 37.9 Å². The molecule has 1 aromatic heterocycles. The summed E-state index contributed by atoms with van der Waals surface area (Å²) in [6.07, 6.45) is -2.76. The maximum Gasteiger partial charge on any atom is 0.276 e. The minimum Gasteiger partial charge on any atom is -0.507 e. The fraction of sp³-hybridized carbons (Fsp3) is 0.457. The largest absolute Gasteiger partial charge is 0.507 e. The smallest absolute Gasteiger partial charge is 0.276 e. The van der Waals surface area contributed by atoms with Crippen LogP contribution in [0.2, 0.25) is 0 Å². The molecule has 10 rings (SSSR count). The minimum absolute atomic E-state index is 0.106. The van der Waals surface area contributed by atoms with Crippen molar-refractivity contribution in [3.05, 3.63) is 120 Å². The number of nitrogens with zero attached hydrogens (tertiary/aromatic N) is 4. The number of aromatic hydroxyl groups is 1. The first-order valence-electron chi connectivity index (χ1n) is 22.7. The van der Waals surface area contributed by atoms with E-state index in [4.69, 9.17) is 9.47 Å². The van der Waals surface area contributed by atoms with Gasteiger partial charge in [-0.2, -0.15) is 0 Å². The van der Waals surface area contributed by atoms with Crippen LogP contribution in [0.1, 0.15) is 94.3 Å². The van der Waals surface area contributed by atoms with Gasteiger partial charge >= 0.3 is 0 Å². The molecule has 7 N–H and O–H groups in total. The summed E-state index contributed by atoms with van der Waals surface area (Å²) in [5.74, 6) is -12.6. The molecule has 0 spiro atoms. The van der Waals surface area contributed by atoms with E-state index in [-0.39, 0.29) is 53.5 Å². The van der Waals surface area contributed by atoms with Gasteiger partial charge < -0.3 is 65.3 Å². The monoisotopic (exact) mass is 966 g/mol. The average Bonchev–Trinajstić information content (AvgIpc) is 3.87. The van der Waals surface area contributed by atoms with Crippen molar-refractivity contribution in [1.29, 1.82) is 0 Å². The van der Waals surface area contributed by atoms with Crippen LogP contribution in [0.5, 0.6) is 5.75 Å². The van der Waals surface area contributed by atoms with Crippen molar-refractivity contribution >= 4 is 23.6 Å². The first-order valence-corrected chi connectivity index (χ1v) is 22.7. The lowest BCUT2D eigenvalue weighted by Gasteiger charge is -2.51. The Morgan fingerprint density at radius 3 is 2.23 bits per heavy atom. The number of aliphatic hydroxyl groups excluding tert-OH is 2. The van der Waals surface area contributed by atoms with Gasteiger partial charge in [-0.1, -0.05) is 26.0 Å². The third-order valence-corrected chi connectivity index (χ3v) is 14.1. The number of aliphatic hydroxyl groups is 2. The zero-order valence-corrected chi connectivity index (χ0v) is 37.1. The predicted octanol–water partition coefficient (Wildman–Crippen LogP) is 2.03. The van der Waals surface area contributed by atoms with Crippen molar-refractivity contribution < 1.29 is 65.9 Å². The maximum atomic E-state index is 16.2. The summed E-state index contributed by atoms with van der Waals surface area (Å²) < 4.78 is 88.3. The Bertz CT molecular complexity index is 2840. The van der Waals surface area contributed by atoms with E-state index in [2.05, 4.69) is 21.3 Å². The second-order valence-electron chi connectivity index (χ2n) is 17.9. The van der Waals surface area contributed by atoms with E-state index in [1.807, 2.05) is 6.92 Å². The fourth-order valence-electron chi connectivity index (χ4n) is 11.2. The van der Waals surface area contributed by atoms with E-state index in [1.54, 1.807) is 6.92 Å². The number of halogens is 5. The van der Waals surface area contributed by atoms with Crippen molar-refractivity contribution in [3.63, 3.8) is 0 Å². The Labute approximate surface area is 389 Å². The minimum atomic E-state index is -2.08. The third kappa shape index (κ3) is 7.18. The van der Waals surface area contributed by atoms with Crippen molar-refractivity contribution in [3.8, 4) is 5.75 Å². The highest BCUT2D eigenvalue weighted by Gasteiger charge is 2.58. The van der Waals surface area contributed by atoms with Gasteiger partial charge in [-0.15, -0.1) is 0 Å². The lowest BCUT2D eigenvalue weighted by molar-refractivity contribution is -0.175. The number of ether oxygens (including phenoxy) is 2. The van der Waals surface area contributed by atoms with Crippen LogP contribution in [0.15, 0.2) is 51.8 Å². The second kappa shape index (κ2) is 17.5. The van der Waals surface area contributed by atoms with Gasteiger partial charge in [0, 0.05) is 61.1 Å². The number of rotatable bonds is 11. The summed E-state index contributed by atoms with van der Waals surface area (Å²) in [5, 5.41) is 45.2. The summed E-state index contributed by atoms with van der Waals surface area (Å²) in [5.41, 5.74) is -3.45. The van der Waals surface area contributed by atoms with Crippen LogP contribution in [-0.4, -0.2) is 128 Å². The zero-order chi connectivity index (χ0) is 48.9. The van der Waals surface area contributed by atoms with Crippen LogP contribution < -0.4 is 26.7 Å². The molecular weight excluding hydrogens is 920 g/mol. The number of hydrogen-bond acceptors (Lipinski definition) is 13. The van der Waals surface area contributed by atoms with Crippen LogP contribution in [0, 0.1) is 29.1 Å². The number of aromatic nitrogens is 1.